The number of imidazole rings is 2. The van der Waals surface area contributed by atoms with Crippen molar-refractivity contribution in [1.82, 2.24) is 24.3 Å². The van der Waals surface area contributed by atoms with E-state index in [2.05, 4.69) is 38.9 Å². The van der Waals surface area contributed by atoms with Crippen LogP contribution in [0.2, 0.25) is 0 Å². The normalized spacial score (nSPS) is 11.5. The van der Waals surface area contributed by atoms with Crippen LogP contribution in [-0.4, -0.2) is 18.9 Å². The maximum atomic E-state index is 4.59. The molecule has 0 aliphatic rings. The average Bonchev–Trinajstić information content (AvgIpc) is 3.01. The molecule has 0 aliphatic carbocycles. The summed E-state index contributed by atoms with van der Waals surface area (Å²) in [5, 5.41) is 5.58. The van der Waals surface area contributed by atoms with Crippen LogP contribution >= 0.6 is 11.3 Å². The maximum absolute atomic E-state index is 4.59. The second-order valence-corrected chi connectivity index (χ2v) is 5.53. The van der Waals surface area contributed by atoms with Gasteiger partial charge in [-0.2, -0.15) is 0 Å². The molecule has 5 nitrogen and oxygen atoms in total. The van der Waals surface area contributed by atoms with Gasteiger partial charge < -0.3 is 9.88 Å². The van der Waals surface area contributed by atoms with E-state index in [4.69, 9.17) is 0 Å². The fourth-order valence-electron chi connectivity index (χ4n) is 2.24. The molecule has 0 fully saturated rings. The number of aryl methyl sites for hydroxylation is 3. The Hall–Kier alpha value is -1.66. The highest BCUT2D eigenvalue weighted by atomic mass is 32.1. The van der Waals surface area contributed by atoms with Gasteiger partial charge in [0.25, 0.3) is 0 Å². The van der Waals surface area contributed by atoms with Crippen molar-refractivity contribution in [2.24, 2.45) is 7.05 Å². The van der Waals surface area contributed by atoms with Gasteiger partial charge in [0.15, 0.2) is 4.96 Å². The molecule has 1 N–H and O–H groups in total. The summed E-state index contributed by atoms with van der Waals surface area (Å²) in [5.41, 5.74) is 3.58. The molecule has 6 heteroatoms. The van der Waals surface area contributed by atoms with Gasteiger partial charge >= 0.3 is 0 Å². The van der Waals surface area contributed by atoms with E-state index in [9.17, 15) is 0 Å². The standard InChI is InChI=1S/C13H17N5S/c1-9-8-19-13-16-10(2)11(18(9)13)6-14-7-12-15-4-5-17(12)3/h4-5,8,14H,6-7H2,1-3H3. The van der Waals surface area contributed by atoms with E-state index < -0.39 is 0 Å². The quantitative estimate of drug-likeness (QED) is 0.792. The summed E-state index contributed by atoms with van der Waals surface area (Å²) in [6, 6.07) is 0. The predicted molar refractivity (Wildman–Crippen MR) is 76.3 cm³/mol. The van der Waals surface area contributed by atoms with Crippen molar-refractivity contribution in [3.63, 3.8) is 0 Å². The Morgan fingerprint density at radius 3 is 2.89 bits per heavy atom. The summed E-state index contributed by atoms with van der Waals surface area (Å²) in [7, 11) is 2.01. The van der Waals surface area contributed by atoms with Crippen molar-refractivity contribution in [2.75, 3.05) is 0 Å². The van der Waals surface area contributed by atoms with Crippen LogP contribution in [0, 0.1) is 13.8 Å². The molecule has 0 bridgehead atoms. The minimum absolute atomic E-state index is 0.763. The first-order chi connectivity index (χ1) is 9.16. The van der Waals surface area contributed by atoms with Crippen molar-refractivity contribution in [1.29, 1.82) is 0 Å². The molecule has 0 amide bonds. The third kappa shape index (κ3) is 2.17. The van der Waals surface area contributed by atoms with E-state index in [1.807, 2.05) is 24.0 Å². The van der Waals surface area contributed by atoms with Gasteiger partial charge in [0.1, 0.15) is 5.82 Å². The van der Waals surface area contributed by atoms with Gasteiger partial charge in [-0.25, -0.2) is 9.97 Å². The van der Waals surface area contributed by atoms with Crippen molar-refractivity contribution in [3.05, 3.63) is 40.7 Å². The number of thiazole rings is 1. The molecular weight excluding hydrogens is 258 g/mol. The summed E-state index contributed by atoms with van der Waals surface area (Å²) in [6.07, 6.45) is 3.78. The van der Waals surface area contributed by atoms with Crippen molar-refractivity contribution in [3.8, 4) is 0 Å². The number of fused-ring (bicyclic) bond motifs is 1. The zero-order valence-electron chi connectivity index (χ0n) is 11.3. The molecule has 0 saturated carbocycles. The second kappa shape index (κ2) is 4.79. The van der Waals surface area contributed by atoms with E-state index in [-0.39, 0.29) is 0 Å². The van der Waals surface area contributed by atoms with E-state index >= 15 is 0 Å². The van der Waals surface area contributed by atoms with E-state index in [1.54, 1.807) is 11.3 Å². The molecule has 0 radical (unpaired) electrons. The topological polar surface area (TPSA) is 47.1 Å². The second-order valence-electron chi connectivity index (χ2n) is 4.70. The molecule has 3 aromatic heterocycles. The number of nitrogens with zero attached hydrogens (tertiary/aromatic N) is 4. The first kappa shape index (κ1) is 12.4. The summed E-state index contributed by atoms with van der Waals surface area (Å²) < 4.78 is 4.26. The lowest BCUT2D eigenvalue weighted by atomic mass is 10.3. The molecule has 0 unspecified atom stereocenters. The van der Waals surface area contributed by atoms with Crippen LogP contribution in [0.15, 0.2) is 17.8 Å². The Kier molecular flexibility index (Phi) is 3.12. The van der Waals surface area contributed by atoms with Gasteiger partial charge in [0.05, 0.1) is 17.9 Å². The van der Waals surface area contributed by atoms with Crippen LogP contribution < -0.4 is 5.32 Å². The SMILES string of the molecule is Cc1nc2scc(C)n2c1CNCc1nccn1C. The molecule has 19 heavy (non-hydrogen) atoms. The van der Waals surface area contributed by atoms with Crippen molar-refractivity contribution < 1.29 is 0 Å². The van der Waals surface area contributed by atoms with Crippen LogP contribution in [0.1, 0.15) is 22.9 Å². The van der Waals surface area contributed by atoms with Crippen molar-refractivity contribution >= 4 is 16.3 Å². The van der Waals surface area contributed by atoms with Gasteiger partial charge in [0, 0.05) is 37.1 Å². The minimum atomic E-state index is 0.763. The van der Waals surface area contributed by atoms with E-state index in [0.717, 1.165) is 29.6 Å². The first-order valence-electron chi connectivity index (χ1n) is 6.25. The number of nitrogens with one attached hydrogen (secondary N) is 1. The zero-order chi connectivity index (χ0) is 13.4. The fourth-order valence-corrected chi connectivity index (χ4v) is 3.17. The zero-order valence-corrected chi connectivity index (χ0v) is 12.2. The molecule has 0 saturated heterocycles. The fraction of sp³-hybridized carbons (Fsp3) is 0.385. The number of aromatic nitrogens is 4. The number of hydrogen-bond acceptors (Lipinski definition) is 4. The monoisotopic (exact) mass is 275 g/mol. The van der Waals surface area contributed by atoms with Gasteiger partial charge in [-0.15, -0.1) is 11.3 Å². The lowest BCUT2D eigenvalue weighted by Crippen LogP contribution is -2.17. The Bertz CT molecular complexity index is 706. The minimum Gasteiger partial charge on any atom is -0.337 e. The number of rotatable bonds is 4. The highest BCUT2D eigenvalue weighted by Gasteiger charge is 2.11. The van der Waals surface area contributed by atoms with Crippen molar-refractivity contribution in [2.45, 2.75) is 26.9 Å². The molecule has 3 rings (SSSR count). The Labute approximate surface area is 115 Å². The Morgan fingerprint density at radius 1 is 1.32 bits per heavy atom. The summed E-state index contributed by atoms with van der Waals surface area (Å²) in [5.74, 6) is 1.04. The molecule has 0 aliphatic heterocycles. The van der Waals surface area contributed by atoms with E-state index in [0.29, 0.717) is 0 Å². The molecular formula is C13H17N5S. The van der Waals surface area contributed by atoms with Gasteiger partial charge in [0.2, 0.25) is 0 Å². The maximum Gasteiger partial charge on any atom is 0.194 e. The largest absolute Gasteiger partial charge is 0.337 e. The van der Waals surface area contributed by atoms with Gasteiger partial charge in [-0.1, -0.05) is 0 Å². The smallest absolute Gasteiger partial charge is 0.194 e. The third-order valence-electron chi connectivity index (χ3n) is 3.33. The van der Waals surface area contributed by atoms with Crippen LogP contribution in [0.4, 0.5) is 0 Å². The van der Waals surface area contributed by atoms with Gasteiger partial charge in [-0.05, 0) is 13.8 Å². The van der Waals surface area contributed by atoms with Gasteiger partial charge in [-0.3, -0.25) is 4.40 Å². The highest BCUT2D eigenvalue weighted by Crippen LogP contribution is 2.20. The molecule has 0 spiro atoms. The lowest BCUT2D eigenvalue weighted by Gasteiger charge is -2.06. The lowest BCUT2D eigenvalue weighted by molar-refractivity contribution is 0.625. The highest BCUT2D eigenvalue weighted by molar-refractivity contribution is 7.15. The molecule has 3 heterocycles. The Morgan fingerprint density at radius 2 is 2.16 bits per heavy atom. The predicted octanol–water partition coefficient (Wildman–Crippen LogP) is 2.04. The molecule has 0 aromatic carbocycles. The summed E-state index contributed by atoms with van der Waals surface area (Å²) in [4.78, 5) is 9.97. The molecule has 0 atom stereocenters. The summed E-state index contributed by atoms with van der Waals surface area (Å²) in [6.45, 7) is 5.75. The number of hydrogen-bond donors (Lipinski definition) is 1. The van der Waals surface area contributed by atoms with E-state index in [1.165, 1.54) is 11.4 Å². The summed E-state index contributed by atoms with van der Waals surface area (Å²) >= 11 is 1.69. The van der Waals surface area contributed by atoms with Crippen LogP contribution in [0.5, 0.6) is 0 Å². The third-order valence-corrected chi connectivity index (χ3v) is 4.27. The Balaban J connectivity index is 1.76. The first-order valence-corrected chi connectivity index (χ1v) is 7.13. The molecule has 3 aromatic rings. The van der Waals surface area contributed by atoms with Crippen LogP contribution in [0.3, 0.4) is 0 Å². The van der Waals surface area contributed by atoms with Crippen LogP contribution in [0.25, 0.3) is 4.96 Å². The molecule has 100 valence electrons. The van der Waals surface area contributed by atoms with Crippen LogP contribution in [-0.2, 0) is 20.1 Å². The average molecular weight is 275 g/mol.